The van der Waals surface area contributed by atoms with Gasteiger partial charge in [0.1, 0.15) is 17.2 Å². The minimum Gasteiger partial charge on any atom is -0.452 e. The van der Waals surface area contributed by atoms with Crippen LogP contribution in [0.25, 0.3) is 11.0 Å². The summed E-state index contributed by atoms with van der Waals surface area (Å²) in [7, 11) is 0. The summed E-state index contributed by atoms with van der Waals surface area (Å²) in [5, 5.41) is 0.568. The normalized spacial score (nSPS) is 11.0. The molecule has 0 fully saturated rings. The molecule has 0 N–H and O–H groups in total. The van der Waals surface area contributed by atoms with Gasteiger partial charge in [0.05, 0.1) is 0 Å². The Morgan fingerprint density at radius 3 is 2.38 bits per heavy atom. The van der Waals surface area contributed by atoms with Crippen molar-refractivity contribution in [2.75, 3.05) is 0 Å². The number of ketones is 1. The van der Waals surface area contributed by atoms with E-state index in [-0.39, 0.29) is 17.4 Å². The SMILES string of the molecule is Cc1cc(F)ccc1C(=O)c1oc2ccc(F)cc2c1C. The molecule has 1 aromatic heterocycles. The minimum absolute atomic E-state index is 0.158. The van der Waals surface area contributed by atoms with Gasteiger partial charge in [-0.3, -0.25) is 4.79 Å². The van der Waals surface area contributed by atoms with Gasteiger partial charge in [-0.1, -0.05) is 0 Å². The van der Waals surface area contributed by atoms with Crippen molar-refractivity contribution >= 4 is 16.8 Å². The third-order valence-corrected chi connectivity index (χ3v) is 3.54. The van der Waals surface area contributed by atoms with Crippen molar-refractivity contribution in [2.24, 2.45) is 0 Å². The molecule has 0 saturated heterocycles. The molecule has 2 aromatic carbocycles. The summed E-state index contributed by atoms with van der Waals surface area (Å²) in [6.45, 7) is 3.37. The van der Waals surface area contributed by atoms with E-state index in [0.29, 0.717) is 27.7 Å². The molecule has 0 bridgehead atoms. The van der Waals surface area contributed by atoms with Crippen LogP contribution in [0.4, 0.5) is 8.78 Å². The van der Waals surface area contributed by atoms with Gasteiger partial charge in [-0.15, -0.1) is 0 Å². The second-order valence-electron chi connectivity index (χ2n) is 4.99. The van der Waals surface area contributed by atoms with Gasteiger partial charge >= 0.3 is 0 Å². The molecule has 4 heteroatoms. The number of fused-ring (bicyclic) bond motifs is 1. The highest BCUT2D eigenvalue weighted by Gasteiger charge is 2.21. The Labute approximate surface area is 120 Å². The van der Waals surface area contributed by atoms with Crippen LogP contribution >= 0.6 is 0 Å². The van der Waals surface area contributed by atoms with Crippen LogP contribution in [0.1, 0.15) is 27.2 Å². The number of rotatable bonds is 2. The van der Waals surface area contributed by atoms with Crippen molar-refractivity contribution < 1.29 is 18.0 Å². The first-order valence-corrected chi connectivity index (χ1v) is 6.47. The molecule has 0 radical (unpaired) electrons. The van der Waals surface area contributed by atoms with E-state index in [1.54, 1.807) is 13.8 Å². The Morgan fingerprint density at radius 1 is 1.00 bits per heavy atom. The van der Waals surface area contributed by atoms with Gasteiger partial charge in [0.15, 0.2) is 5.76 Å². The summed E-state index contributed by atoms with van der Waals surface area (Å²) in [4.78, 5) is 12.5. The molecule has 106 valence electrons. The summed E-state index contributed by atoms with van der Waals surface area (Å²) in [6, 6.07) is 8.07. The Kier molecular flexibility index (Phi) is 3.09. The molecule has 0 amide bonds. The third kappa shape index (κ3) is 2.23. The monoisotopic (exact) mass is 286 g/mol. The summed E-state index contributed by atoms with van der Waals surface area (Å²) >= 11 is 0. The fourth-order valence-corrected chi connectivity index (χ4v) is 2.41. The summed E-state index contributed by atoms with van der Waals surface area (Å²) < 4.78 is 32.0. The van der Waals surface area contributed by atoms with Crippen LogP contribution < -0.4 is 0 Å². The third-order valence-electron chi connectivity index (χ3n) is 3.54. The first kappa shape index (κ1) is 13.5. The van der Waals surface area contributed by atoms with E-state index >= 15 is 0 Å². The molecule has 0 aliphatic rings. The van der Waals surface area contributed by atoms with Crippen LogP contribution in [0.3, 0.4) is 0 Å². The lowest BCUT2D eigenvalue weighted by Gasteiger charge is -2.03. The van der Waals surface area contributed by atoms with Crippen molar-refractivity contribution in [2.45, 2.75) is 13.8 Å². The maximum Gasteiger partial charge on any atom is 0.228 e. The second kappa shape index (κ2) is 4.81. The van der Waals surface area contributed by atoms with Gasteiger partial charge in [-0.25, -0.2) is 8.78 Å². The molecule has 0 aliphatic heterocycles. The number of hydrogen-bond acceptors (Lipinski definition) is 2. The molecule has 2 nitrogen and oxygen atoms in total. The number of carbonyl (C=O) groups excluding carboxylic acids is 1. The van der Waals surface area contributed by atoms with E-state index in [2.05, 4.69) is 0 Å². The fraction of sp³-hybridized carbons (Fsp3) is 0.118. The Morgan fingerprint density at radius 2 is 1.67 bits per heavy atom. The van der Waals surface area contributed by atoms with E-state index in [0.717, 1.165) is 0 Å². The quantitative estimate of drug-likeness (QED) is 0.646. The van der Waals surface area contributed by atoms with Crippen molar-refractivity contribution in [1.82, 2.24) is 0 Å². The van der Waals surface area contributed by atoms with E-state index in [4.69, 9.17) is 4.42 Å². The van der Waals surface area contributed by atoms with E-state index in [1.807, 2.05) is 0 Å². The van der Waals surface area contributed by atoms with Crippen LogP contribution in [0.15, 0.2) is 40.8 Å². The molecular weight excluding hydrogens is 274 g/mol. The fourth-order valence-electron chi connectivity index (χ4n) is 2.41. The molecule has 0 saturated carbocycles. The average Bonchev–Trinajstić information content (AvgIpc) is 2.75. The first-order valence-electron chi connectivity index (χ1n) is 6.47. The molecular formula is C17H12F2O2. The summed E-state index contributed by atoms with van der Waals surface area (Å²) in [5.74, 6) is -0.956. The number of carbonyl (C=O) groups is 1. The molecule has 0 atom stereocenters. The van der Waals surface area contributed by atoms with Crippen LogP contribution in [-0.2, 0) is 0 Å². The largest absolute Gasteiger partial charge is 0.452 e. The molecule has 3 aromatic rings. The van der Waals surface area contributed by atoms with Gasteiger partial charge < -0.3 is 4.42 Å². The highest BCUT2D eigenvalue weighted by molar-refractivity contribution is 6.11. The molecule has 1 heterocycles. The zero-order chi connectivity index (χ0) is 15.1. The lowest BCUT2D eigenvalue weighted by atomic mass is 10.0. The lowest BCUT2D eigenvalue weighted by molar-refractivity contribution is 0.101. The first-order chi connectivity index (χ1) is 9.97. The highest BCUT2D eigenvalue weighted by Crippen LogP contribution is 2.28. The number of benzene rings is 2. The van der Waals surface area contributed by atoms with E-state index in [9.17, 15) is 13.6 Å². The molecule has 3 rings (SSSR count). The van der Waals surface area contributed by atoms with Gasteiger partial charge in [-0.05, 0) is 55.8 Å². The Balaban J connectivity index is 2.15. The average molecular weight is 286 g/mol. The van der Waals surface area contributed by atoms with E-state index < -0.39 is 5.82 Å². The topological polar surface area (TPSA) is 30.2 Å². The lowest BCUT2D eigenvalue weighted by Crippen LogP contribution is -2.04. The smallest absolute Gasteiger partial charge is 0.228 e. The Bertz CT molecular complexity index is 863. The number of hydrogen-bond donors (Lipinski definition) is 0. The number of aryl methyl sites for hydroxylation is 2. The maximum absolute atomic E-state index is 13.3. The molecule has 21 heavy (non-hydrogen) atoms. The van der Waals surface area contributed by atoms with Gasteiger partial charge in [0, 0.05) is 16.5 Å². The van der Waals surface area contributed by atoms with Crippen molar-refractivity contribution in [3.05, 3.63) is 70.5 Å². The molecule has 0 unspecified atom stereocenters. The molecule has 0 spiro atoms. The Hall–Kier alpha value is -2.49. The van der Waals surface area contributed by atoms with Gasteiger partial charge in [0.25, 0.3) is 0 Å². The molecule has 0 aliphatic carbocycles. The predicted molar refractivity (Wildman–Crippen MR) is 75.5 cm³/mol. The van der Waals surface area contributed by atoms with Crippen molar-refractivity contribution in [3.63, 3.8) is 0 Å². The zero-order valence-corrected chi connectivity index (χ0v) is 11.5. The van der Waals surface area contributed by atoms with Crippen LogP contribution in [-0.4, -0.2) is 5.78 Å². The standard InChI is InChI=1S/C17H12F2O2/c1-9-7-11(18)3-5-13(9)16(20)17-10(2)14-8-12(19)4-6-15(14)21-17/h3-8H,1-2H3. The van der Waals surface area contributed by atoms with Crippen molar-refractivity contribution in [3.8, 4) is 0 Å². The highest BCUT2D eigenvalue weighted by atomic mass is 19.1. The van der Waals surface area contributed by atoms with Gasteiger partial charge in [0.2, 0.25) is 5.78 Å². The minimum atomic E-state index is -0.396. The number of furan rings is 1. The van der Waals surface area contributed by atoms with Gasteiger partial charge in [-0.2, -0.15) is 0 Å². The van der Waals surface area contributed by atoms with Crippen molar-refractivity contribution in [1.29, 1.82) is 0 Å². The predicted octanol–water partition coefficient (Wildman–Crippen LogP) is 4.56. The second-order valence-corrected chi connectivity index (χ2v) is 4.99. The van der Waals surface area contributed by atoms with E-state index in [1.165, 1.54) is 36.4 Å². The van der Waals surface area contributed by atoms with Crippen LogP contribution in [0.2, 0.25) is 0 Å². The summed E-state index contributed by atoms with van der Waals surface area (Å²) in [5.41, 5.74) is 1.94. The maximum atomic E-state index is 13.3. The summed E-state index contributed by atoms with van der Waals surface area (Å²) in [6.07, 6.45) is 0. The zero-order valence-electron chi connectivity index (χ0n) is 11.5. The number of halogens is 2. The van der Waals surface area contributed by atoms with Crippen LogP contribution in [0, 0.1) is 25.5 Å². The van der Waals surface area contributed by atoms with Crippen LogP contribution in [0.5, 0.6) is 0 Å².